The van der Waals surface area contributed by atoms with Crippen molar-refractivity contribution in [3.63, 3.8) is 0 Å². The third-order valence-electron chi connectivity index (χ3n) is 1.93. The predicted octanol–water partition coefficient (Wildman–Crippen LogP) is 0.629. The van der Waals surface area contributed by atoms with Crippen LogP contribution in [0.25, 0.3) is 0 Å². The smallest absolute Gasteiger partial charge is 0.333 e. The minimum atomic E-state index is -0.783. The zero-order chi connectivity index (χ0) is 11.1. The van der Waals surface area contributed by atoms with Crippen LogP contribution in [-0.4, -0.2) is 35.5 Å². The molecule has 0 saturated carbocycles. The number of rotatable bonds is 5. The van der Waals surface area contributed by atoms with Gasteiger partial charge >= 0.3 is 5.97 Å². The van der Waals surface area contributed by atoms with Crippen LogP contribution in [0.3, 0.4) is 0 Å². The summed E-state index contributed by atoms with van der Waals surface area (Å²) >= 11 is 0. The predicted molar refractivity (Wildman–Crippen MR) is 52.7 cm³/mol. The molecule has 2 N–H and O–H groups in total. The lowest BCUT2D eigenvalue weighted by Gasteiger charge is -2.10. The number of hydrogen-bond acceptors (Lipinski definition) is 4. The summed E-state index contributed by atoms with van der Waals surface area (Å²) in [5, 5.41) is 17.7. The molecule has 0 radical (unpaired) electrons. The summed E-state index contributed by atoms with van der Waals surface area (Å²) in [5.74, 6) is -0.415. The van der Waals surface area contributed by atoms with Gasteiger partial charge in [-0.05, 0) is 27.2 Å². The Balaban J connectivity index is 3.92. The molecule has 4 heteroatoms. The monoisotopic (exact) mass is 202 g/mol. The van der Waals surface area contributed by atoms with E-state index >= 15 is 0 Å². The first-order chi connectivity index (χ1) is 6.49. The minimum Gasteiger partial charge on any atom is -0.460 e. The lowest BCUT2D eigenvalue weighted by molar-refractivity contribution is -0.142. The molecular weight excluding hydrogens is 184 g/mol. The summed E-state index contributed by atoms with van der Waals surface area (Å²) in [4.78, 5) is 11.2. The molecule has 1 unspecified atom stereocenters. The van der Waals surface area contributed by atoms with Gasteiger partial charge in [0, 0.05) is 12.2 Å². The standard InChI is InChI=1S/C10H18O4/c1-7(2)8(3)10(13)14-6-9(12)4-5-11/h9,11-12H,4-6H2,1-3H3. The summed E-state index contributed by atoms with van der Waals surface area (Å²) in [7, 11) is 0. The molecule has 4 nitrogen and oxygen atoms in total. The molecular formula is C10H18O4. The molecule has 0 heterocycles. The molecule has 0 rings (SSSR count). The van der Waals surface area contributed by atoms with Crippen LogP contribution in [0, 0.1) is 0 Å². The van der Waals surface area contributed by atoms with Crippen LogP contribution in [-0.2, 0) is 9.53 Å². The highest BCUT2D eigenvalue weighted by Crippen LogP contribution is 2.04. The molecule has 0 amide bonds. The van der Waals surface area contributed by atoms with Crippen LogP contribution in [0.5, 0.6) is 0 Å². The Morgan fingerprint density at radius 3 is 2.36 bits per heavy atom. The Kier molecular flexibility index (Phi) is 6.16. The Morgan fingerprint density at radius 1 is 1.36 bits per heavy atom. The highest BCUT2D eigenvalue weighted by molar-refractivity contribution is 5.88. The van der Waals surface area contributed by atoms with Crippen molar-refractivity contribution in [3.8, 4) is 0 Å². The first-order valence-electron chi connectivity index (χ1n) is 4.59. The molecule has 0 aromatic rings. The van der Waals surface area contributed by atoms with E-state index in [1.54, 1.807) is 6.92 Å². The van der Waals surface area contributed by atoms with E-state index in [0.717, 1.165) is 5.57 Å². The third kappa shape index (κ3) is 4.99. The number of aliphatic hydroxyl groups excluding tert-OH is 2. The molecule has 1 atom stereocenters. The molecule has 82 valence electrons. The van der Waals surface area contributed by atoms with E-state index in [4.69, 9.17) is 14.9 Å². The van der Waals surface area contributed by atoms with Gasteiger partial charge in [0.1, 0.15) is 6.61 Å². The van der Waals surface area contributed by atoms with E-state index in [0.29, 0.717) is 5.57 Å². The number of aliphatic hydroxyl groups is 2. The van der Waals surface area contributed by atoms with Gasteiger partial charge in [0.2, 0.25) is 0 Å². The van der Waals surface area contributed by atoms with E-state index in [9.17, 15) is 4.79 Å². The van der Waals surface area contributed by atoms with Crippen molar-refractivity contribution in [2.75, 3.05) is 13.2 Å². The van der Waals surface area contributed by atoms with Gasteiger partial charge in [-0.3, -0.25) is 0 Å². The molecule has 14 heavy (non-hydrogen) atoms. The molecule has 0 aromatic heterocycles. The molecule has 0 fully saturated rings. The lowest BCUT2D eigenvalue weighted by Crippen LogP contribution is -2.20. The topological polar surface area (TPSA) is 66.8 Å². The lowest BCUT2D eigenvalue weighted by atomic mass is 10.2. The zero-order valence-electron chi connectivity index (χ0n) is 8.91. The number of carbonyl (C=O) groups excluding carboxylic acids is 1. The van der Waals surface area contributed by atoms with Crippen molar-refractivity contribution in [1.29, 1.82) is 0 Å². The van der Waals surface area contributed by atoms with Crippen molar-refractivity contribution < 1.29 is 19.7 Å². The Hall–Kier alpha value is -0.870. The highest BCUT2D eigenvalue weighted by Gasteiger charge is 2.10. The van der Waals surface area contributed by atoms with E-state index in [1.807, 2.05) is 13.8 Å². The first kappa shape index (κ1) is 13.1. The first-order valence-corrected chi connectivity index (χ1v) is 4.59. The Bertz CT molecular complexity index is 216. The average molecular weight is 202 g/mol. The van der Waals surface area contributed by atoms with Crippen LogP contribution in [0.2, 0.25) is 0 Å². The minimum absolute atomic E-state index is 0.0655. The molecule has 0 aliphatic carbocycles. The van der Waals surface area contributed by atoms with Crippen molar-refractivity contribution >= 4 is 5.97 Å². The summed E-state index contributed by atoms with van der Waals surface area (Å²) < 4.78 is 4.82. The van der Waals surface area contributed by atoms with Gasteiger partial charge in [-0.1, -0.05) is 5.57 Å². The van der Waals surface area contributed by atoms with Gasteiger partial charge in [0.25, 0.3) is 0 Å². The van der Waals surface area contributed by atoms with Crippen LogP contribution < -0.4 is 0 Å². The molecule has 0 aliphatic heterocycles. The summed E-state index contributed by atoms with van der Waals surface area (Å²) in [6.45, 7) is 5.14. The van der Waals surface area contributed by atoms with Crippen LogP contribution in [0.4, 0.5) is 0 Å². The van der Waals surface area contributed by atoms with E-state index in [-0.39, 0.29) is 19.6 Å². The third-order valence-corrected chi connectivity index (χ3v) is 1.93. The van der Waals surface area contributed by atoms with Gasteiger partial charge in [-0.15, -0.1) is 0 Å². The second-order valence-electron chi connectivity index (χ2n) is 3.39. The SMILES string of the molecule is CC(C)=C(C)C(=O)OCC(O)CCO. The van der Waals surface area contributed by atoms with Crippen LogP contribution in [0.1, 0.15) is 27.2 Å². The molecule has 0 spiro atoms. The summed E-state index contributed by atoms with van der Waals surface area (Å²) in [6.07, 6.45) is -0.560. The van der Waals surface area contributed by atoms with Gasteiger partial charge in [-0.2, -0.15) is 0 Å². The highest BCUT2D eigenvalue weighted by atomic mass is 16.5. The second kappa shape index (κ2) is 6.56. The van der Waals surface area contributed by atoms with Crippen molar-refractivity contribution in [2.45, 2.75) is 33.3 Å². The second-order valence-corrected chi connectivity index (χ2v) is 3.39. The van der Waals surface area contributed by atoms with Crippen molar-refractivity contribution in [3.05, 3.63) is 11.1 Å². The van der Waals surface area contributed by atoms with Crippen LogP contribution >= 0.6 is 0 Å². The maximum absolute atomic E-state index is 11.2. The fraction of sp³-hybridized carbons (Fsp3) is 0.700. The largest absolute Gasteiger partial charge is 0.460 e. The molecule has 0 aromatic carbocycles. The fourth-order valence-corrected chi connectivity index (χ4v) is 0.717. The molecule has 0 bridgehead atoms. The number of esters is 1. The summed E-state index contributed by atoms with van der Waals surface area (Å²) in [5.41, 5.74) is 1.45. The number of carbonyl (C=O) groups is 1. The molecule has 0 aliphatic rings. The molecule has 0 saturated heterocycles. The maximum Gasteiger partial charge on any atom is 0.333 e. The fourth-order valence-electron chi connectivity index (χ4n) is 0.717. The van der Waals surface area contributed by atoms with Gasteiger partial charge < -0.3 is 14.9 Å². The number of allylic oxidation sites excluding steroid dienone is 1. The van der Waals surface area contributed by atoms with Crippen molar-refractivity contribution in [2.24, 2.45) is 0 Å². The Morgan fingerprint density at radius 2 is 1.93 bits per heavy atom. The van der Waals surface area contributed by atoms with Gasteiger partial charge in [0.05, 0.1) is 6.10 Å². The number of hydrogen-bond donors (Lipinski definition) is 2. The van der Waals surface area contributed by atoms with Gasteiger partial charge in [0.15, 0.2) is 0 Å². The normalized spacial score (nSPS) is 12.1. The van der Waals surface area contributed by atoms with E-state index < -0.39 is 12.1 Å². The zero-order valence-corrected chi connectivity index (χ0v) is 8.91. The summed E-state index contributed by atoms with van der Waals surface area (Å²) in [6, 6.07) is 0. The van der Waals surface area contributed by atoms with Crippen LogP contribution in [0.15, 0.2) is 11.1 Å². The maximum atomic E-state index is 11.2. The average Bonchev–Trinajstić information content (AvgIpc) is 2.13. The quantitative estimate of drug-likeness (QED) is 0.507. The number of ether oxygens (including phenoxy) is 1. The van der Waals surface area contributed by atoms with E-state index in [2.05, 4.69) is 0 Å². The van der Waals surface area contributed by atoms with E-state index in [1.165, 1.54) is 0 Å². The van der Waals surface area contributed by atoms with Crippen molar-refractivity contribution in [1.82, 2.24) is 0 Å². The van der Waals surface area contributed by atoms with Gasteiger partial charge in [-0.25, -0.2) is 4.79 Å². The Labute approximate surface area is 84.2 Å².